The van der Waals surface area contributed by atoms with Gasteiger partial charge in [0.25, 0.3) is 0 Å². The first-order chi connectivity index (χ1) is 8.50. The first-order valence-corrected chi connectivity index (χ1v) is 5.87. The summed E-state index contributed by atoms with van der Waals surface area (Å²) < 4.78 is 1.35. The Bertz CT molecular complexity index is 414. The lowest BCUT2D eigenvalue weighted by Crippen LogP contribution is -2.21. The normalized spacial score (nSPS) is 13.3. The average molecular weight is 274 g/mol. The van der Waals surface area contributed by atoms with E-state index in [0.29, 0.717) is 0 Å². The largest absolute Gasteiger partial charge is 0.392 e. The molecule has 8 heteroatoms. The van der Waals surface area contributed by atoms with Crippen LogP contribution in [0.2, 0.25) is 0 Å². The number of aromatic nitrogens is 3. The zero-order chi connectivity index (χ0) is 13.5. The lowest BCUT2D eigenvalue weighted by molar-refractivity contribution is 0.0829. The van der Waals surface area contributed by atoms with Gasteiger partial charge in [0.2, 0.25) is 11.0 Å². The summed E-state index contributed by atoms with van der Waals surface area (Å²) in [6.07, 6.45) is 2.63. The zero-order valence-electron chi connectivity index (χ0n) is 10.7. The van der Waals surface area contributed by atoms with E-state index in [1.807, 2.05) is 27.7 Å². The number of rotatable bonds is 5. The minimum Gasteiger partial charge on any atom is -0.392 e. The van der Waals surface area contributed by atoms with Crippen LogP contribution in [0.1, 0.15) is 27.7 Å². The number of oxime groups is 2. The second-order valence-electron chi connectivity index (χ2n) is 3.95. The molecule has 1 aromatic rings. The van der Waals surface area contributed by atoms with Crippen LogP contribution in [0.4, 0.5) is 0 Å². The van der Waals surface area contributed by atoms with Crippen LogP contribution in [0.5, 0.6) is 0 Å². The third kappa shape index (κ3) is 4.70. The molecule has 0 radical (unpaired) electrons. The average Bonchev–Trinajstić information content (AvgIpc) is 2.79. The van der Waals surface area contributed by atoms with E-state index in [2.05, 4.69) is 20.4 Å². The summed E-state index contributed by atoms with van der Waals surface area (Å²) in [7, 11) is 0. The molecule has 100 valence electrons. The molecule has 0 unspecified atom stereocenters. The molecule has 0 amide bonds. The fraction of sp³-hybridized carbons (Fsp3) is 0.600. The summed E-state index contributed by atoms with van der Waals surface area (Å²) in [5.74, 6) is 0.212. The molecular weight excluding hydrogens is 258 g/mol. The van der Waals surface area contributed by atoms with Gasteiger partial charge in [-0.1, -0.05) is 21.9 Å². The first-order valence-electron chi connectivity index (χ1n) is 5.49. The molecule has 7 nitrogen and oxygen atoms in total. The Morgan fingerprint density at radius 3 is 2.28 bits per heavy atom. The van der Waals surface area contributed by atoms with Crippen LogP contribution in [0.3, 0.4) is 0 Å². The fourth-order valence-electron chi connectivity index (χ4n) is 0.839. The molecule has 1 rings (SSSR count). The molecule has 1 heterocycles. The lowest BCUT2D eigenvalue weighted by atomic mass is 10.5. The Labute approximate surface area is 110 Å². The zero-order valence-corrected chi connectivity index (χ0v) is 11.5. The highest BCUT2D eigenvalue weighted by Gasteiger charge is 2.13. The number of hydrogen-bond acceptors (Lipinski definition) is 6. The predicted octanol–water partition coefficient (Wildman–Crippen LogP) is 1.84. The van der Waals surface area contributed by atoms with Gasteiger partial charge in [0.15, 0.2) is 0 Å². The molecule has 0 fully saturated rings. The molecule has 0 atom stereocenters. The SMILES string of the molecule is CC(C)O/N=C(Cl)/C(=N/OC(C)C)n1cncn1. The molecule has 0 aromatic carbocycles. The second-order valence-corrected chi connectivity index (χ2v) is 4.30. The topological polar surface area (TPSA) is 73.9 Å². The molecule has 0 N–H and O–H groups in total. The van der Waals surface area contributed by atoms with Gasteiger partial charge in [-0.05, 0) is 27.7 Å². The highest BCUT2D eigenvalue weighted by atomic mass is 35.5. The van der Waals surface area contributed by atoms with Crippen LogP contribution in [-0.4, -0.2) is 38.0 Å². The van der Waals surface area contributed by atoms with Gasteiger partial charge in [-0.2, -0.15) is 9.78 Å². The molecule has 0 spiro atoms. The third-order valence-electron chi connectivity index (χ3n) is 1.51. The Balaban J connectivity index is 2.91. The van der Waals surface area contributed by atoms with E-state index < -0.39 is 0 Å². The summed E-state index contributed by atoms with van der Waals surface area (Å²) in [4.78, 5) is 14.0. The van der Waals surface area contributed by atoms with Crippen LogP contribution in [0.25, 0.3) is 0 Å². The van der Waals surface area contributed by atoms with Gasteiger partial charge in [0, 0.05) is 0 Å². The highest BCUT2D eigenvalue weighted by molar-refractivity contribution is 6.83. The summed E-state index contributed by atoms with van der Waals surface area (Å²) in [5.41, 5.74) is 0. The van der Waals surface area contributed by atoms with Gasteiger partial charge in [-0.25, -0.2) is 4.98 Å². The fourth-order valence-corrected chi connectivity index (χ4v) is 1.00. The highest BCUT2D eigenvalue weighted by Crippen LogP contribution is 2.00. The first kappa shape index (κ1) is 14.4. The molecule has 1 aromatic heterocycles. The molecule has 0 aliphatic heterocycles. The van der Waals surface area contributed by atoms with Crippen molar-refractivity contribution in [2.45, 2.75) is 39.9 Å². The Morgan fingerprint density at radius 2 is 1.78 bits per heavy atom. The summed E-state index contributed by atoms with van der Waals surface area (Å²) in [6.45, 7) is 7.37. The minimum atomic E-state index is -0.0843. The van der Waals surface area contributed by atoms with Crippen molar-refractivity contribution in [1.29, 1.82) is 0 Å². The summed E-state index contributed by atoms with van der Waals surface area (Å²) in [6, 6.07) is 0. The van der Waals surface area contributed by atoms with Gasteiger partial charge < -0.3 is 9.68 Å². The van der Waals surface area contributed by atoms with Crippen molar-refractivity contribution in [3.8, 4) is 0 Å². The van der Waals surface area contributed by atoms with Crippen LogP contribution in [-0.2, 0) is 9.68 Å². The number of nitrogens with zero attached hydrogens (tertiary/aromatic N) is 5. The van der Waals surface area contributed by atoms with Crippen molar-refractivity contribution in [3.63, 3.8) is 0 Å². The van der Waals surface area contributed by atoms with Crippen LogP contribution in [0, 0.1) is 0 Å². The van der Waals surface area contributed by atoms with Crippen molar-refractivity contribution in [2.24, 2.45) is 10.3 Å². The second kappa shape index (κ2) is 6.95. The van der Waals surface area contributed by atoms with Gasteiger partial charge >= 0.3 is 0 Å². The van der Waals surface area contributed by atoms with Gasteiger partial charge in [-0.3, -0.25) is 0 Å². The maximum Gasteiger partial charge on any atom is 0.235 e. The van der Waals surface area contributed by atoms with Crippen LogP contribution >= 0.6 is 11.6 Å². The van der Waals surface area contributed by atoms with E-state index in [0.717, 1.165) is 0 Å². The lowest BCUT2D eigenvalue weighted by Gasteiger charge is -2.07. The van der Waals surface area contributed by atoms with E-state index in [1.54, 1.807) is 0 Å². The molecular formula is C10H16ClN5O2. The van der Waals surface area contributed by atoms with E-state index >= 15 is 0 Å². The molecule has 0 bridgehead atoms. The van der Waals surface area contributed by atoms with Crippen molar-refractivity contribution < 1.29 is 9.68 Å². The van der Waals surface area contributed by atoms with E-state index in [-0.39, 0.29) is 23.2 Å². The van der Waals surface area contributed by atoms with E-state index in [1.165, 1.54) is 17.3 Å². The molecule has 0 saturated heterocycles. The monoisotopic (exact) mass is 273 g/mol. The molecule has 18 heavy (non-hydrogen) atoms. The van der Waals surface area contributed by atoms with Gasteiger partial charge in [0.05, 0.1) is 0 Å². The molecule has 0 aliphatic rings. The van der Waals surface area contributed by atoms with Crippen molar-refractivity contribution in [3.05, 3.63) is 12.7 Å². The Hall–Kier alpha value is -1.63. The maximum atomic E-state index is 5.99. The molecule has 0 saturated carbocycles. The van der Waals surface area contributed by atoms with Crippen molar-refractivity contribution in [2.75, 3.05) is 0 Å². The minimum absolute atomic E-state index is 0.0369. The Kier molecular flexibility index (Phi) is 5.57. The van der Waals surface area contributed by atoms with E-state index in [4.69, 9.17) is 21.3 Å². The van der Waals surface area contributed by atoms with Crippen LogP contribution < -0.4 is 0 Å². The quantitative estimate of drug-likeness (QED) is 0.466. The Morgan fingerprint density at radius 1 is 1.17 bits per heavy atom. The summed E-state index contributed by atoms with van der Waals surface area (Å²) in [5, 5.41) is 11.6. The van der Waals surface area contributed by atoms with Gasteiger partial charge in [0.1, 0.15) is 24.9 Å². The molecule has 0 aliphatic carbocycles. The maximum absolute atomic E-state index is 5.99. The van der Waals surface area contributed by atoms with E-state index in [9.17, 15) is 0 Å². The third-order valence-corrected chi connectivity index (χ3v) is 1.75. The van der Waals surface area contributed by atoms with Crippen molar-refractivity contribution >= 4 is 22.6 Å². The summed E-state index contributed by atoms with van der Waals surface area (Å²) >= 11 is 5.99. The number of hydrogen-bond donors (Lipinski definition) is 0. The number of halogens is 1. The standard InChI is InChI=1S/C10H16ClN5O2/c1-7(2)17-14-9(11)10(15-18-8(3)4)16-6-12-5-13-16/h5-8H,1-4H3/b14-9-,15-10-. The smallest absolute Gasteiger partial charge is 0.235 e. The predicted molar refractivity (Wildman–Crippen MR) is 68.6 cm³/mol. The van der Waals surface area contributed by atoms with Crippen molar-refractivity contribution in [1.82, 2.24) is 14.8 Å². The van der Waals surface area contributed by atoms with Crippen LogP contribution in [0.15, 0.2) is 23.0 Å². The van der Waals surface area contributed by atoms with Gasteiger partial charge in [-0.15, -0.1) is 0 Å².